The van der Waals surface area contributed by atoms with Gasteiger partial charge in [0.15, 0.2) is 0 Å². The third-order valence-corrected chi connectivity index (χ3v) is 4.39. The van der Waals surface area contributed by atoms with Gasteiger partial charge < -0.3 is 19.4 Å². The molecule has 1 saturated heterocycles. The van der Waals surface area contributed by atoms with E-state index in [-0.39, 0.29) is 5.91 Å². The van der Waals surface area contributed by atoms with Gasteiger partial charge in [-0.05, 0) is 51.0 Å². The number of carbonyl (C=O) groups excluding carboxylic acids is 1. The Hall–Kier alpha value is -2.01. The Kier molecular flexibility index (Phi) is 5.18. The van der Waals surface area contributed by atoms with Gasteiger partial charge in [-0.2, -0.15) is 0 Å². The van der Waals surface area contributed by atoms with E-state index in [9.17, 15) is 4.79 Å². The van der Waals surface area contributed by atoms with E-state index in [1.807, 2.05) is 18.2 Å². The number of amides is 1. The van der Waals surface area contributed by atoms with Crippen molar-refractivity contribution in [2.24, 2.45) is 0 Å². The van der Waals surface area contributed by atoms with Gasteiger partial charge in [0.25, 0.3) is 0 Å². The van der Waals surface area contributed by atoms with E-state index in [2.05, 4.69) is 10.2 Å². The Bertz CT molecular complexity index is 659. The van der Waals surface area contributed by atoms with Crippen LogP contribution in [-0.2, 0) is 11.2 Å². The van der Waals surface area contributed by atoms with Gasteiger partial charge >= 0.3 is 0 Å². The smallest absolute Gasteiger partial charge is 0.224 e. The van der Waals surface area contributed by atoms with Gasteiger partial charge in [0, 0.05) is 23.6 Å². The Balaban J connectivity index is 1.47. The number of nitrogens with one attached hydrogen (secondary N) is 1. The van der Waals surface area contributed by atoms with E-state index < -0.39 is 0 Å². The molecule has 1 aliphatic rings. The average molecular weight is 316 g/mol. The Morgan fingerprint density at radius 2 is 2.17 bits per heavy atom. The lowest BCUT2D eigenvalue weighted by atomic mass is 10.1. The lowest BCUT2D eigenvalue weighted by Gasteiger charge is -2.14. The summed E-state index contributed by atoms with van der Waals surface area (Å²) >= 11 is 0. The van der Waals surface area contributed by atoms with Crippen molar-refractivity contribution in [1.82, 2.24) is 10.2 Å². The standard InChI is InChI=1S/C18H24N2O3/c1-22-15-5-6-16-14(13-23-17(16)12-15)11-18(21)19-7-4-10-20-8-2-3-9-20/h5-6,12-13H,2-4,7-11H2,1H3,(H,19,21). The minimum atomic E-state index is 0.0462. The first-order valence-corrected chi connectivity index (χ1v) is 8.29. The molecule has 3 rings (SSSR count). The minimum Gasteiger partial charge on any atom is -0.497 e. The van der Waals surface area contributed by atoms with Crippen molar-refractivity contribution in [2.45, 2.75) is 25.7 Å². The summed E-state index contributed by atoms with van der Waals surface area (Å²) in [5.74, 6) is 0.801. The maximum absolute atomic E-state index is 12.1. The number of carbonyl (C=O) groups is 1. The molecule has 5 heteroatoms. The Morgan fingerprint density at radius 3 is 2.96 bits per heavy atom. The second kappa shape index (κ2) is 7.51. The predicted molar refractivity (Wildman–Crippen MR) is 89.8 cm³/mol. The van der Waals surface area contributed by atoms with Crippen molar-refractivity contribution >= 4 is 16.9 Å². The lowest BCUT2D eigenvalue weighted by Crippen LogP contribution is -2.29. The number of methoxy groups -OCH3 is 1. The molecule has 0 saturated carbocycles. The van der Waals surface area contributed by atoms with Crippen molar-refractivity contribution in [1.29, 1.82) is 0 Å². The molecule has 124 valence electrons. The zero-order valence-corrected chi connectivity index (χ0v) is 13.6. The van der Waals surface area contributed by atoms with Crippen molar-refractivity contribution in [3.8, 4) is 5.75 Å². The van der Waals surface area contributed by atoms with Crippen molar-refractivity contribution in [2.75, 3.05) is 33.3 Å². The molecule has 0 radical (unpaired) electrons. The summed E-state index contributed by atoms with van der Waals surface area (Å²) in [4.78, 5) is 14.5. The van der Waals surface area contributed by atoms with Crippen LogP contribution in [-0.4, -0.2) is 44.1 Å². The van der Waals surface area contributed by atoms with Gasteiger partial charge in [-0.15, -0.1) is 0 Å². The highest BCUT2D eigenvalue weighted by atomic mass is 16.5. The van der Waals surface area contributed by atoms with Crippen LogP contribution >= 0.6 is 0 Å². The number of ether oxygens (including phenoxy) is 1. The number of benzene rings is 1. The molecule has 1 N–H and O–H groups in total. The predicted octanol–water partition coefficient (Wildman–Crippen LogP) is 2.59. The van der Waals surface area contributed by atoms with E-state index in [0.29, 0.717) is 6.42 Å². The molecular weight excluding hydrogens is 292 g/mol. The van der Waals surface area contributed by atoms with Crippen LogP contribution in [0.15, 0.2) is 28.9 Å². The van der Waals surface area contributed by atoms with Crippen LogP contribution in [0.5, 0.6) is 5.75 Å². The highest BCUT2D eigenvalue weighted by Crippen LogP contribution is 2.25. The first kappa shape index (κ1) is 15.9. The highest BCUT2D eigenvalue weighted by Gasteiger charge is 2.12. The van der Waals surface area contributed by atoms with Gasteiger partial charge in [0.1, 0.15) is 11.3 Å². The molecule has 2 heterocycles. The molecule has 1 fully saturated rings. The van der Waals surface area contributed by atoms with E-state index in [1.54, 1.807) is 13.4 Å². The molecule has 23 heavy (non-hydrogen) atoms. The third kappa shape index (κ3) is 4.05. The van der Waals surface area contributed by atoms with Crippen molar-refractivity contribution in [3.63, 3.8) is 0 Å². The first-order valence-electron chi connectivity index (χ1n) is 8.29. The van der Waals surface area contributed by atoms with E-state index in [0.717, 1.165) is 41.8 Å². The minimum absolute atomic E-state index is 0.0462. The van der Waals surface area contributed by atoms with Crippen LogP contribution in [0.1, 0.15) is 24.8 Å². The van der Waals surface area contributed by atoms with Crippen LogP contribution in [0.4, 0.5) is 0 Å². The fraction of sp³-hybridized carbons (Fsp3) is 0.500. The summed E-state index contributed by atoms with van der Waals surface area (Å²) in [5.41, 5.74) is 1.67. The fourth-order valence-corrected chi connectivity index (χ4v) is 3.10. The quantitative estimate of drug-likeness (QED) is 0.798. The van der Waals surface area contributed by atoms with E-state index in [4.69, 9.17) is 9.15 Å². The number of hydrogen-bond acceptors (Lipinski definition) is 4. The van der Waals surface area contributed by atoms with Gasteiger partial charge in [0.2, 0.25) is 5.91 Å². The summed E-state index contributed by atoms with van der Waals surface area (Å²) in [7, 11) is 1.63. The highest BCUT2D eigenvalue weighted by molar-refractivity contribution is 5.88. The molecule has 0 unspecified atom stereocenters. The van der Waals surface area contributed by atoms with Crippen LogP contribution in [0.25, 0.3) is 11.0 Å². The molecule has 0 spiro atoms. The normalized spacial score (nSPS) is 15.2. The molecule has 2 aromatic rings. The summed E-state index contributed by atoms with van der Waals surface area (Å²) in [6, 6.07) is 5.66. The molecule has 1 aromatic heterocycles. The summed E-state index contributed by atoms with van der Waals surface area (Å²) in [6.45, 7) is 4.23. The molecule has 1 amide bonds. The Morgan fingerprint density at radius 1 is 1.35 bits per heavy atom. The largest absolute Gasteiger partial charge is 0.497 e. The van der Waals surface area contributed by atoms with Crippen LogP contribution in [0, 0.1) is 0 Å². The number of rotatable bonds is 7. The number of hydrogen-bond donors (Lipinski definition) is 1. The van der Waals surface area contributed by atoms with Crippen LogP contribution < -0.4 is 10.1 Å². The third-order valence-electron chi connectivity index (χ3n) is 4.39. The molecule has 1 aliphatic heterocycles. The SMILES string of the molecule is COc1ccc2c(CC(=O)NCCCN3CCCC3)coc2c1. The molecule has 0 bridgehead atoms. The fourth-order valence-electron chi connectivity index (χ4n) is 3.10. The second-order valence-corrected chi connectivity index (χ2v) is 6.05. The van der Waals surface area contributed by atoms with Gasteiger partial charge in [-0.1, -0.05) is 0 Å². The summed E-state index contributed by atoms with van der Waals surface area (Å²) in [5, 5.41) is 3.97. The van der Waals surface area contributed by atoms with Gasteiger partial charge in [0.05, 0.1) is 19.8 Å². The van der Waals surface area contributed by atoms with E-state index >= 15 is 0 Å². The van der Waals surface area contributed by atoms with Crippen LogP contribution in [0.3, 0.4) is 0 Å². The molecule has 0 aliphatic carbocycles. The summed E-state index contributed by atoms with van der Waals surface area (Å²) in [6.07, 6.45) is 5.64. The zero-order chi connectivity index (χ0) is 16.1. The van der Waals surface area contributed by atoms with Gasteiger partial charge in [-0.3, -0.25) is 4.79 Å². The maximum atomic E-state index is 12.1. The molecule has 1 aromatic carbocycles. The molecule has 0 atom stereocenters. The lowest BCUT2D eigenvalue weighted by molar-refractivity contribution is -0.120. The van der Waals surface area contributed by atoms with E-state index in [1.165, 1.54) is 25.9 Å². The van der Waals surface area contributed by atoms with Crippen LogP contribution in [0.2, 0.25) is 0 Å². The second-order valence-electron chi connectivity index (χ2n) is 6.05. The number of likely N-dealkylation sites (tertiary alicyclic amines) is 1. The number of fused-ring (bicyclic) bond motifs is 1. The van der Waals surface area contributed by atoms with Gasteiger partial charge in [-0.25, -0.2) is 0 Å². The monoisotopic (exact) mass is 316 g/mol. The number of nitrogens with zero attached hydrogens (tertiary/aromatic N) is 1. The van der Waals surface area contributed by atoms with Crippen molar-refractivity contribution in [3.05, 3.63) is 30.0 Å². The van der Waals surface area contributed by atoms with Crippen molar-refractivity contribution < 1.29 is 13.9 Å². The molecular formula is C18H24N2O3. The average Bonchev–Trinajstić information content (AvgIpc) is 3.21. The molecule has 5 nitrogen and oxygen atoms in total. The topological polar surface area (TPSA) is 54.7 Å². The summed E-state index contributed by atoms with van der Waals surface area (Å²) < 4.78 is 10.7. The zero-order valence-electron chi connectivity index (χ0n) is 13.6. The Labute approximate surface area is 136 Å². The first-order chi connectivity index (χ1) is 11.3. The number of furan rings is 1. The maximum Gasteiger partial charge on any atom is 0.224 e.